The molecule has 1 aliphatic heterocycles. The van der Waals surface area contributed by atoms with Gasteiger partial charge in [-0.15, -0.1) is 0 Å². The number of imidazole rings is 1. The molecular formula is C20H16F5N5O2. The summed E-state index contributed by atoms with van der Waals surface area (Å²) in [4.78, 5) is 34.1. The number of rotatable bonds is 4. The van der Waals surface area contributed by atoms with Crippen molar-refractivity contribution in [3.63, 3.8) is 0 Å². The van der Waals surface area contributed by atoms with Crippen LogP contribution in [0.5, 0.6) is 0 Å². The van der Waals surface area contributed by atoms with E-state index < -0.39 is 54.3 Å². The molecule has 1 aliphatic rings. The van der Waals surface area contributed by atoms with Crippen LogP contribution in [-0.2, 0) is 0 Å². The molecule has 12 heteroatoms. The predicted molar refractivity (Wildman–Crippen MR) is 101 cm³/mol. The first kappa shape index (κ1) is 21.7. The lowest BCUT2D eigenvalue weighted by atomic mass is 10.1. The fraction of sp³-hybridized carbons (Fsp3) is 0.300. The Bertz CT molecular complexity index is 1160. The van der Waals surface area contributed by atoms with Crippen molar-refractivity contribution in [2.75, 3.05) is 13.1 Å². The van der Waals surface area contributed by atoms with E-state index in [9.17, 15) is 31.5 Å². The number of nitrogens with zero attached hydrogens (tertiary/aromatic N) is 4. The zero-order valence-electron chi connectivity index (χ0n) is 16.3. The first-order chi connectivity index (χ1) is 15.1. The molecule has 3 aromatic rings. The molecule has 1 N–H and O–H groups in total. The first-order valence-corrected chi connectivity index (χ1v) is 9.49. The second-order valence-electron chi connectivity index (χ2n) is 7.28. The summed E-state index contributed by atoms with van der Waals surface area (Å²) in [5, 5.41) is 1.87. The maximum absolute atomic E-state index is 13.6. The van der Waals surface area contributed by atoms with Crippen LogP contribution >= 0.6 is 0 Å². The first-order valence-electron chi connectivity index (χ1n) is 9.49. The van der Waals surface area contributed by atoms with E-state index in [4.69, 9.17) is 0 Å². The van der Waals surface area contributed by atoms with Gasteiger partial charge in [-0.3, -0.25) is 19.0 Å². The van der Waals surface area contributed by atoms with Gasteiger partial charge in [0, 0.05) is 25.4 Å². The number of amides is 2. The number of alkyl halides is 5. The lowest BCUT2D eigenvalue weighted by Crippen LogP contribution is -2.39. The zero-order valence-corrected chi connectivity index (χ0v) is 16.3. The van der Waals surface area contributed by atoms with Gasteiger partial charge in [-0.2, -0.15) is 13.2 Å². The summed E-state index contributed by atoms with van der Waals surface area (Å²) >= 11 is 0. The lowest BCUT2D eigenvalue weighted by Gasteiger charge is -2.20. The fourth-order valence-corrected chi connectivity index (χ4v) is 3.48. The van der Waals surface area contributed by atoms with Crippen LogP contribution in [0.3, 0.4) is 0 Å². The van der Waals surface area contributed by atoms with Crippen molar-refractivity contribution in [2.45, 2.75) is 24.6 Å². The van der Waals surface area contributed by atoms with Crippen molar-refractivity contribution in [2.24, 2.45) is 0 Å². The molecule has 1 fully saturated rings. The van der Waals surface area contributed by atoms with Crippen LogP contribution in [-0.4, -0.2) is 56.3 Å². The van der Waals surface area contributed by atoms with Gasteiger partial charge in [-0.25, -0.2) is 13.8 Å². The Kier molecular flexibility index (Phi) is 5.31. The molecule has 0 bridgehead atoms. The highest BCUT2D eigenvalue weighted by atomic mass is 19.4. The molecule has 1 atom stereocenters. The normalized spacial score (nSPS) is 16.8. The summed E-state index contributed by atoms with van der Waals surface area (Å²) in [6.07, 6.45) is -2.82. The number of hydrogen-bond donors (Lipinski definition) is 1. The monoisotopic (exact) mass is 453 g/mol. The molecule has 168 valence electrons. The van der Waals surface area contributed by atoms with E-state index in [0.717, 1.165) is 17.2 Å². The Labute approximate surface area is 177 Å². The largest absolute Gasteiger partial charge is 0.414 e. The Balaban J connectivity index is 1.69. The second-order valence-corrected chi connectivity index (χ2v) is 7.28. The highest BCUT2D eigenvalue weighted by molar-refractivity contribution is 6.02. The number of nitrogens with one attached hydrogen (secondary N) is 1. The molecule has 4 heterocycles. The molecule has 3 aromatic heterocycles. The maximum atomic E-state index is 13.6. The molecule has 4 rings (SSSR count). The Morgan fingerprint density at radius 2 is 1.88 bits per heavy atom. The van der Waals surface area contributed by atoms with Crippen molar-refractivity contribution in [3.8, 4) is 0 Å². The standard InChI is InChI=1S/C20H16F5N5O2/c21-19(22)7-10-29(11-19)18(32)16-27-14(13-6-2-4-9-30(13)16)17(31)28-15(20(23,24)25)12-5-1-3-8-26-12/h1-6,8-9,15H,7,10-11H2,(H,28,31). The van der Waals surface area contributed by atoms with Gasteiger partial charge in [-0.05, 0) is 24.3 Å². The molecular weight excluding hydrogens is 437 g/mol. The molecule has 0 saturated carbocycles. The van der Waals surface area contributed by atoms with Gasteiger partial charge in [0.1, 0.15) is 0 Å². The third-order valence-corrected chi connectivity index (χ3v) is 5.00. The van der Waals surface area contributed by atoms with Crippen LogP contribution in [0.1, 0.15) is 39.3 Å². The van der Waals surface area contributed by atoms with Gasteiger partial charge in [-0.1, -0.05) is 12.1 Å². The number of carbonyl (C=O) groups is 2. The molecule has 7 nitrogen and oxygen atoms in total. The summed E-state index contributed by atoms with van der Waals surface area (Å²) < 4.78 is 69.0. The molecule has 1 unspecified atom stereocenters. The minimum absolute atomic E-state index is 0.0567. The van der Waals surface area contributed by atoms with Gasteiger partial charge < -0.3 is 10.2 Å². The summed E-state index contributed by atoms with van der Waals surface area (Å²) in [7, 11) is 0. The third-order valence-electron chi connectivity index (χ3n) is 5.00. The minimum Gasteiger partial charge on any atom is -0.334 e. The highest BCUT2D eigenvalue weighted by Crippen LogP contribution is 2.32. The average Bonchev–Trinajstić information content (AvgIpc) is 3.31. The van der Waals surface area contributed by atoms with E-state index in [-0.39, 0.29) is 17.9 Å². The van der Waals surface area contributed by atoms with Crippen LogP contribution in [0.25, 0.3) is 5.52 Å². The smallest absolute Gasteiger partial charge is 0.334 e. The van der Waals surface area contributed by atoms with Gasteiger partial charge in [0.2, 0.25) is 5.82 Å². The Morgan fingerprint density at radius 3 is 2.50 bits per heavy atom. The van der Waals surface area contributed by atoms with E-state index in [2.05, 4.69) is 9.97 Å². The highest BCUT2D eigenvalue weighted by Gasteiger charge is 2.44. The topological polar surface area (TPSA) is 79.6 Å². The maximum Gasteiger partial charge on any atom is 0.414 e. The molecule has 0 aromatic carbocycles. The molecule has 2 amide bonds. The van der Waals surface area contributed by atoms with Gasteiger partial charge in [0.25, 0.3) is 17.7 Å². The number of aromatic nitrogens is 3. The number of likely N-dealkylation sites (tertiary alicyclic amines) is 1. The van der Waals surface area contributed by atoms with Crippen molar-refractivity contribution < 1.29 is 31.5 Å². The van der Waals surface area contributed by atoms with Crippen molar-refractivity contribution in [1.29, 1.82) is 0 Å². The van der Waals surface area contributed by atoms with E-state index in [1.807, 2.05) is 5.32 Å². The fourth-order valence-electron chi connectivity index (χ4n) is 3.48. The van der Waals surface area contributed by atoms with Gasteiger partial charge >= 0.3 is 6.18 Å². The summed E-state index contributed by atoms with van der Waals surface area (Å²) in [6, 6.07) is 5.90. The molecule has 0 radical (unpaired) electrons. The number of pyridine rings is 2. The van der Waals surface area contributed by atoms with Crippen LogP contribution < -0.4 is 5.32 Å². The summed E-state index contributed by atoms with van der Waals surface area (Å²) in [5.41, 5.74) is -0.807. The lowest BCUT2D eigenvalue weighted by molar-refractivity contribution is -0.156. The average molecular weight is 453 g/mol. The van der Waals surface area contributed by atoms with Crippen molar-refractivity contribution in [1.82, 2.24) is 24.6 Å². The zero-order chi connectivity index (χ0) is 23.1. The van der Waals surface area contributed by atoms with E-state index in [0.29, 0.717) is 0 Å². The number of fused-ring (bicyclic) bond motifs is 1. The molecule has 32 heavy (non-hydrogen) atoms. The SMILES string of the molecule is O=C(NC(c1ccccn1)C(F)(F)F)c1nc(C(=O)N2CCC(F)(F)C2)n2ccccc12. The number of hydrogen-bond acceptors (Lipinski definition) is 4. The van der Waals surface area contributed by atoms with Gasteiger partial charge in [0.15, 0.2) is 11.7 Å². The van der Waals surface area contributed by atoms with Gasteiger partial charge in [0.05, 0.1) is 17.8 Å². The van der Waals surface area contributed by atoms with E-state index in [1.165, 1.54) is 40.9 Å². The minimum atomic E-state index is -4.85. The Hall–Kier alpha value is -3.57. The summed E-state index contributed by atoms with van der Waals surface area (Å²) in [5.74, 6) is -5.41. The van der Waals surface area contributed by atoms with Crippen LogP contribution in [0, 0.1) is 0 Å². The van der Waals surface area contributed by atoms with Crippen LogP contribution in [0.2, 0.25) is 0 Å². The third kappa shape index (κ3) is 4.12. The number of carbonyl (C=O) groups excluding carboxylic acids is 2. The van der Waals surface area contributed by atoms with Crippen LogP contribution in [0.15, 0.2) is 48.8 Å². The predicted octanol–water partition coefficient (Wildman–Crippen LogP) is 3.24. The summed E-state index contributed by atoms with van der Waals surface area (Å²) in [6.45, 7) is -1.00. The quantitative estimate of drug-likeness (QED) is 0.616. The molecule has 1 saturated heterocycles. The Morgan fingerprint density at radius 1 is 1.12 bits per heavy atom. The molecule has 0 aliphatic carbocycles. The van der Waals surface area contributed by atoms with Crippen molar-refractivity contribution >= 4 is 17.3 Å². The van der Waals surface area contributed by atoms with E-state index >= 15 is 0 Å². The van der Waals surface area contributed by atoms with E-state index in [1.54, 1.807) is 0 Å². The number of halogens is 5. The van der Waals surface area contributed by atoms with Crippen LogP contribution in [0.4, 0.5) is 22.0 Å². The van der Waals surface area contributed by atoms with Crippen molar-refractivity contribution in [3.05, 3.63) is 66.0 Å². The second kappa shape index (κ2) is 7.84. The molecule has 0 spiro atoms.